The second-order valence-corrected chi connectivity index (χ2v) is 7.56. The molecule has 0 N–H and O–H groups in total. The topological polar surface area (TPSA) is 167 Å². The average Bonchev–Trinajstić information content (AvgIpc) is 2.89. The lowest BCUT2D eigenvalue weighted by molar-refractivity contribution is -0.156. The summed E-state index contributed by atoms with van der Waals surface area (Å²) in [5, 5.41) is 0. The van der Waals surface area contributed by atoms with Crippen molar-refractivity contribution in [2.24, 2.45) is 11.8 Å². The Morgan fingerprint density at radius 2 is 0.846 bits per heavy atom. The zero-order chi connectivity index (χ0) is 29.8. The Bertz CT molecular complexity index is 807. The Morgan fingerprint density at radius 1 is 0.513 bits per heavy atom. The maximum absolute atomic E-state index is 12.2. The lowest BCUT2D eigenvalue weighted by Crippen LogP contribution is -2.28. The zero-order valence-electron chi connectivity index (χ0n) is 22.9. The van der Waals surface area contributed by atoms with Gasteiger partial charge in [-0.05, 0) is 27.7 Å². The second-order valence-electron chi connectivity index (χ2n) is 7.56. The molecule has 0 saturated carbocycles. The maximum Gasteiger partial charge on any atom is 0.334 e. The Labute approximate surface area is 227 Å². The number of carbonyl (C=O) groups excluding carboxylic acids is 6. The number of rotatable bonds is 20. The molecule has 0 amide bonds. The second kappa shape index (κ2) is 20.3. The van der Waals surface area contributed by atoms with Gasteiger partial charge >= 0.3 is 35.8 Å². The van der Waals surface area contributed by atoms with Crippen LogP contribution in [0.2, 0.25) is 0 Å². The van der Waals surface area contributed by atoms with Gasteiger partial charge in [0.15, 0.2) is 0 Å². The molecule has 0 aliphatic carbocycles. The van der Waals surface area contributed by atoms with E-state index in [1.807, 2.05) is 0 Å². The van der Waals surface area contributed by atoms with Crippen molar-refractivity contribution in [2.45, 2.75) is 40.5 Å². The van der Waals surface area contributed by atoms with Crippen molar-refractivity contribution < 1.29 is 61.9 Å². The summed E-state index contributed by atoms with van der Waals surface area (Å²) in [7, 11) is 0. The van der Waals surface area contributed by atoms with Crippen LogP contribution in [0, 0.1) is 11.8 Å². The fraction of sp³-hybridized carbons (Fsp3) is 0.615. The third-order valence-electron chi connectivity index (χ3n) is 4.78. The van der Waals surface area contributed by atoms with Crippen molar-refractivity contribution in [3.05, 3.63) is 24.3 Å². The molecular formula is C26H38O13. The highest BCUT2D eigenvalue weighted by atomic mass is 16.6. The van der Waals surface area contributed by atoms with E-state index >= 15 is 0 Å². The molecule has 0 heterocycles. The highest BCUT2D eigenvalue weighted by Gasteiger charge is 2.32. The molecule has 0 radical (unpaired) electrons. The van der Waals surface area contributed by atoms with Gasteiger partial charge in [0.1, 0.15) is 13.2 Å². The molecule has 0 rings (SSSR count). The first-order valence-corrected chi connectivity index (χ1v) is 12.5. The zero-order valence-corrected chi connectivity index (χ0v) is 22.9. The monoisotopic (exact) mass is 558 g/mol. The Balaban J connectivity index is 4.54. The van der Waals surface area contributed by atoms with Gasteiger partial charge in [-0.25, -0.2) is 9.59 Å². The van der Waals surface area contributed by atoms with E-state index in [-0.39, 0.29) is 64.0 Å². The van der Waals surface area contributed by atoms with E-state index in [4.69, 9.17) is 33.2 Å². The van der Waals surface area contributed by atoms with E-state index in [9.17, 15) is 28.8 Å². The van der Waals surface area contributed by atoms with Crippen LogP contribution < -0.4 is 0 Å². The van der Waals surface area contributed by atoms with Crippen LogP contribution >= 0.6 is 0 Å². The molecule has 0 bridgehead atoms. The van der Waals surface area contributed by atoms with Gasteiger partial charge in [-0.2, -0.15) is 0 Å². The van der Waals surface area contributed by atoms with Gasteiger partial charge in [0.2, 0.25) is 0 Å². The predicted octanol–water partition coefficient (Wildman–Crippen LogP) is 1.47. The molecule has 0 aliphatic heterocycles. The van der Waals surface area contributed by atoms with Crippen LogP contribution in [0.25, 0.3) is 0 Å². The minimum atomic E-state index is -1.25. The molecule has 0 saturated heterocycles. The van der Waals surface area contributed by atoms with Crippen molar-refractivity contribution in [3.8, 4) is 0 Å². The summed E-state index contributed by atoms with van der Waals surface area (Å²) in [6.45, 7) is 13.1. The van der Waals surface area contributed by atoms with E-state index in [2.05, 4.69) is 13.2 Å². The van der Waals surface area contributed by atoms with E-state index in [1.54, 1.807) is 27.7 Å². The van der Waals surface area contributed by atoms with Gasteiger partial charge < -0.3 is 33.2 Å². The maximum atomic E-state index is 12.2. The Kier molecular flexibility index (Phi) is 18.3. The lowest BCUT2D eigenvalue weighted by Gasteiger charge is -2.17. The number of hydrogen-bond donors (Lipinski definition) is 0. The fourth-order valence-electron chi connectivity index (χ4n) is 2.90. The third kappa shape index (κ3) is 14.1. The molecule has 0 aromatic rings. The first-order chi connectivity index (χ1) is 18.5. The molecule has 220 valence electrons. The molecule has 39 heavy (non-hydrogen) atoms. The van der Waals surface area contributed by atoms with Crippen LogP contribution in [0.4, 0.5) is 0 Å². The van der Waals surface area contributed by atoms with Crippen molar-refractivity contribution in [1.29, 1.82) is 0 Å². The number of carbonyl (C=O) groups is 6. The van der Waals surface area contributed by atoms with Crippen LogP contribution in [-0.2, 0) is 61.9 Å². The van der Waals surface area contributed by atoms with Gasteiger partial charge in [-0.3, -0.25) is 19.2 Å². The van der Waals surface area contributed by atoms with Gasteiger partial charge in [-0.1, -0.05) is 13.2 Å². The summed E-state index contributed by atoms with van der Waals surface area (Å²) >= 11 is 0. The molecule has 13 heteroatoms. The molecule has 13 nitrogen and oxygen atoms in total. The SMILES string of the molecule is C=C(C(=O)OCC)C(CC(=O)OCCOCCOC(=O)CC(C(=C)C(=O)OCC)C(=O)OCC)C(=O)OCC. The quantitative estimate of drug-likeness (QED) is 0.0912. The molecule has 0 aliphatic rings. The van der Waals surface area contributed by atoms with Crippen molar-refractivity contribution >= 4 is 35.8 Å². The van der Waals surface area contributed by atoms with Gasteiger partial charge in [-0.15, -0.1) is 0 Å². The van der Waals surface area contributed by atoms with Crippen molar-refractivity contribution in [1.82, 2.24) is 0 Å². The van der Waals surface area contributed by atoms with E-state index in [0.29, 0.717) is 0 Å². The average molecular weight is 559 g/mol. The van der Waals surface area contributed by atoms with E-state index < -0.39 is 60.5 Å². The summed E-state index contributed by atoms with van der Waals surface area (Å²) in [4.78, 5) is 72.4. The van der Waals surface area contributed by atoms with Gasteiger partial charge in [0.05, 0.1) is 64.3 Å². The molecule has 0 aromatic heterocycles. The first-order valence-electron chi connectivity index (χ1n) is 12.5. The summed E-state index contributed by atoms with van der Waals surface area (Å²) in [5.41, 5.74) is -0.442. The van der Waals surface area contributed by atoms with Gasteiger partial charge in [0, 0.05) is 11.1 Å². The molecule has 0 aromatic carbocycles. The van der Waals surface area contributed by atoms with Crippen molar-refractivity contribution in [2.75, 3.05) is 52.9 Å². The van der Waals surface area contributed by atoms with E-state index in [0.717, 1.165) is 0 Å². The number of ether oxygens (including phenoxy) is 7. The number of esters is 6. The van der Waals surface area contributed by atoms with Crippen LogP contribution in [0.1, 0.15) is 40.5 Å². The van der Waals surface area contributed by atoms with Crippen LogP contribution in [0.15, 0.2) is 24.3 Å². The summed E-state index contributed by atoms with van der Waals surface area (Å²) in [6.07, 6.45) is -0.959. The Hall–Kier alpha value is -3.74. The molecule has 2 unspecified atom stereocenters. The van der Waals surface area contributed by atoms with E-state index in [1.165, 1.54) is 0 Å². The van der Waals surface area contributed by atoms with Crippen molar-refractivity contribution in [3.63, 3.8) is 0 Å². The minimum Gasteiger partial charge on any atom is -0.466 e. The highest BCUT2D eigenvalue weighted by molar-refractivity contribution is 5.97. The molecular weight excluding hydrogens is 520 g/mol. The lowest BCUT2D eigenvalue weighted by atomic mass is 9.97. The van der Waals surface area contributed by atoms with Crippen LogP contribution in [0.3, 0.4) is 0 Å². The fourth-order valence-corrected chi connectivity index (χ4v) is 2.90. The highest BCUT2D eigenvalue weighted by Crippen LogP contribution is 2.19. The van der Waals surface area contributed by atoms with Gasteiger partial charge in [0.25, 0.3) is 0 Å². The largest absolute Gasteiger partial charge is 0.466 e. The molecule has 0 spiro atoms. The smallest absolute Gasteiger partial charge is 0.334 e. The van der Waals surface area contributed by atoms with Crippen LogP contribution in [-0.4, -0.2) is 88.7 Å². The molecule has 0 fully saturated rings. The minimum absolute atomic E-state index is 0.0442. The number of hydrogen-bond acceptors (Lipinski definition) is 13. The predicted molar refractivity (Wildman–Crippen MR) is 134 cm³/mol. The summed E-state index contributed by atoms with van der Waals surface area (Å²) < 4.78 is 34.7. The summed E-state index contributed by atoms with van der Waals surface area (Å²) in [5.74, 6) is -7.34. The summed E-state index contributed by atoms with van der Waals surface area (Å²) in [6, 6.07) is 0. The third-order valence-corrected chi connectivity index (χ3v) is 4.78. The van der Waals surface area contributed by atoms with Crippen LogP contribution in [0.5, 0.6) is 0 Å². The normalized spacial score (nSPS) is 11.8. The Morgan fingerprint density at radius 3 is 1.15 bits per heavy atom. The first kappa shape index (κ1) is 35.3. The molecule has 2 atom stereocenters. The standard InChI is InChI=1S/C26H38O13/c1-7-34-23(29)17(5)19(25(31)36-9-3)15-21(27)38-13-11-33-12-14-39-22(28)16-20(26(32)37-10-4)18(6)24(30)35-8-2/h19-20H,5-16H2,1-4H3.